The normalized spacial score (nSPS) is 23.4. The van der Waals surface area contributed by atoms with E-state index in [4.69, 9.17) is 22.9 Å². The number of carbonyl (C=O) groups excluding carboxylic acids is 1. The Bertz CT molecular complexity index is 754. The van der Waals surface area contributed by atoms with Crippen LogP contribution < -0.4 is 10.6 Å². The molecule has 6 nitrogen and oxygen atoms in total. The van der Waals surface area contributed by atoms with Crippen molar-refractivity contribution in [1.82, 2.24) is 10.2 Å². The van der Waals surface area contributed by atoms with Gasteiger partial charge in [0.15, 0.2) is 0 Å². The molecule has 29 heavy (non-hydrogen) atoms. The van der Waals surface area contributed by atoms with Gasteiger partial charge >= 0.3 is 6.03 Å². The number of hydrogen-bond acceptors (Lipinski definition) is 3. The van der Waals surface area contributed by atoms with E-state index in [-0.39, 0.29) is 12.1 Å². The summed E-state index contributed by atoms with van der Waals surface area (Å²) in [5, 5.41) is 6.31. The molecule has 0 spiro atoms. The third-order valence-electron chi connectivity index (χ3n) is 5.83. The molecule has 0 atom stereocenters. The average Bonchev–Trinajstić information content (AvgIpc) is 2.72. The van der Waals surface area contributed by atoms with E-state index in [1.165, 1.54) is 12.8 Å². The maximum Gasteiger partial charge on any atom is 0.319 e. The number of nitrogens with one attached hydrogen (secondary N) is 2. The smallest absolute Gasteiger partial charge is 0.319 e. The van der Waals surface area contributed by atoms with Gasteiger partial charge in [-0.05, 0) is 80.2 Å². The molecule has 2 aliphatic rings. The average molecular weight is 531 g/mol. The number of likely N-dealkylation sites (tertiary alicyclic amines) is 1. The first kappa shape index (κ1) is 22.6. The highest BCUT2D eigenvalue weighted by Crippen LogP contribution is 2.32. The van der Waals surface area contributed by atoms with Crippen LogP contribution in [-0.4, -0.2) is 48.8 Å². The first-order valence-corrected chi connectivity index (χ1v) is 11.8. The topological polar surface area (TPSA) is 58.0 Å². The predicted octanol–water partition coefficient (Wildman–Crippen LogP) is 5.43. The Morgan fingerprint density at radius 2 is 1.97 bits per heavy atom. The second-order valence-corrected chi connectivity index (χ2v) is 9.26. The summed E-state index contributed by atoms with van der Waals surface area (Å²) < 4.78 is 6.56. The summed E-state index contributed by atoms with van der Waals surface area (Å²) in [7, 11) is 0. The molecule has 1 saturated heterocycles. The fraction of sp³-hybridized carbons (Fsp3) is 0.619. The second-order valence-electron chi connectivity index (χ2n) is 7.69. The number of hydrogen-bond donors (Lipinski definition) is 2. The Morgan fingerprint density at radius 1 is 1.28 bits per heavy atom. The minimum absolute atomic E-state index is 0.182. The van der Waals surface area contributed by atoms with Gasteiger partial charge in [0.05, 0.1) is 18.4 Å². The predicted molar refractivity (Wildman–Crippen MR) is 125 cm³/mol. The van der Waals surface area contributed by atoms with E-state index >= 15 is 0 Å². The highest BCUT2D eigenvalue weighted by Gasteiger charge is 2.29. The number of piperidine rings is 1. The van der Waals surface area contributed by atoms with Crippen molar-refractivity contribution in [3.63, 3.8) is 0 Å². The van der Waals surface area contributed by atoms with Gasteiger partial charge in [0.2, 0.25) is 5.69 Å². The SMILES string of the molecule is [C-]#[N+]c1cc(I)c(NC(=O)NC2CCN(C3CCC(OCC)CC3)CC2)cc1Cl. The first-order chi connectivity index (χ1) is 14.0. The van der Waals surface area contributed by atoms with Gasteiger partial charge in [-0.1, -0.05) is 11.6 Å². The molecule has 2 amide bonds. The monoisotopic (exact) mass is 530 g/mol. The van der Waals surface area contributed by atoms with E-state index in [1.54, 1.807) is 12.1 Å². The highest BCUT2D eigenvalue weighted by atomic mass is 127. The van der Waals surface area contributed by atoms with E-state index in [9.17, 15) is 4.79 Å². The van der Waals surface area contributed by atoms with Gasteiger partial charge in [-0.3, -0.25) is 0 Å². The molecule has 0 bridgehead atoms. The van der Waals surface area contributed by atoms with Crippen molar-refractivity contribution in [3.05, 3.63) is 32.1 Å². The molecule has 1 aromatic rings. The lowest BCUT2D eigenvalue weighted by molar-refractivity contribution is 0.00911. The Morgan fingerprint density at radius 3 is 2.59 bits per heavy atom. The zero-order valence-corrected chi connectivity index (χ0v) is 19.6. The van der Waals surface area contributed by atoms with Crippen LogP contribution in [0.3, 0.4) is 0 Å². The zero-order chi connectivity index (χ0) is 20.8. The van der Waals surface area contributed by atoms with Crippen LogP contribution in [0.2, 0.25) is 5.02 Å². The maximum atomic E-state index is 12.4. The maximum absolute atomic E-state index is 12.4. The van der Waals surface area contributed by atoms with Gasteiger partial charge in [-0.25, -0.2) is 9.64 Å². The number of nitrogens with zero attached hydrogens (tertiary/aromatic N) is 2. The summed E-state index contributed by atoms with van der Waals surface area (Å²) in [6, 6.07) is 3.94. The summed E-state index contributed by atoms with van der Waals surface area (Å²) in [5.41, 5.74) is 1.02. The molecule has 0 unspecified atom stereocenters. The second kappa shape index (κ2) is 10.8. The fourth-order valence-electron chi connectivity index (χ4n) is 4.28. The number of rotatable bonds is 5. The van der Waals surface area contributed by atoms with Crippen LogP contribution in [0, 0.1) is 10.1 Å². The summed E-state index contributed by atoms with van der Waals surface area (Å²) >= 11 is 8.19. The molecule has 1 aromatic carbocycles. The molecule has 2 fully saturated rings. The number of ether oxygens (including phenoxy) is 1. The Labute approximate surface area is 191 Å². The Kier molecular flexibility index (Phi) is 8.42. The van der Waals surface area contributed by atoms with E-state index in [1.807, 2.05) is 0 Å². The largest absolute Gasteiger partial charge is 0.379 e. The van der Waals surface area contributed by atoms with Crippen molar-refractivity contribution in [2.24, 2.45) is 0 Å². The summed E-state index contributed by atoms with van der Waals surface area (Å²) in [5.74, 6) is 0. The molecule has 1 saturated carbocycles. The number of benzene rings is 1. The summed E-state index contributed by atoms with van der Waals surface area (Å²) in [6.07, 6.45) is 7.12. The number of anilines is 1. The van der Waals surface area contributed by atoms with Crippen LogP contribution in [0.5, 0.6) is 0 Å². The van der Waals surface area contributed by atoms with Gasteiger partial charge in [-0.15, -0.1) is 0 Å². The summed E-state index contributed by atoms with van der Waals surface area (Å²) in [6.45, 7) is 12.0. The first-order valence-electron chi connectivity index (χ1n) is 10.3. The molecule has 0 radical (unpaired) electrons. The Hall–Kier alpha value is -1.08. The van der Waals surface area contributed by atoms with Crippen molar-refractivity contribution in [1.29, 1.82) is 0 Å². The van der Waals surface area contributed by atoms with E-state index < -0.39 is 0 Å². The van der Waals surface area contributed by atoms with Crippen molar-refractivity contribution in [2.45, 2.75) is 63.6 Å². The third-order valence-corrected chi connectivity index (χ3v) is 7.03. The number of carbonyl (C=O) groups is 1. The minimum atomic E-state index is -0.217. The van der Waals surface area contributed by atoms with Crippen LogP contribution >= 0.6 is 34.2 Å². The quantitative estimate of drug-likeness (QED) is 0.394. The van der Waals surface area contributed by atoms with Crippen molar-refractivity contribution >= 4 is 51.6 Å². The van der Waals surface area contributed by atoms with Crippen LogP contribution in [0.15, 0.2) is 12.1 Å². The molecule has 8 heteroatoms. The van der Waals surface area contributed by atoms with Crippen LogP contribution in [-0.2, 0) is 4.74 Å². The van der Waals surface area contributed by atoms with Crippen LogP contribution in [0.4, 0.5) is 16.2 Å². The van der Waals surface area contributed by atoms with Gasteiger partial charge < -0.3 is 20.3 Å². The molecule has 3 rings (SSSR count). The number of urea groups is 1. The van der Waals surface area contributed by atoms with E-state index in [0.717, 1.165) is 48.9 Å². The molecule has 1 aliphatic heterocycles. The lowest BCUT2D eigenvalue weighted by Gasteiger charge is -2.40. The molecular formula is C21H28ClIN4O2. The van der Waals surface area contributed by atoms with Gasteiger partial charge in [-0.2, -0.15) is 0 Å². The number of amides is 2. The molecule has 0 aromatic heterocycles. The van der Waals surface area contributed by atoms with E-state index in [2.05, 4.69) is 49.9 Å². The molecule has 158 valence electrons. The third kappa shape index (κ3) is 6.20. The van der Waals surface area contributed by atoms with Crippen molar-refractivity contribution in [3.8, 4) is 0 Å². The fourth-order valence-corrected chi connectivity index (χ4v) is 5.07. The highest BCUT2D eigenvalue weighted by molar-refractivity contribution is 14.1. The molecule has 1 heterocycles. The zero-order valence-electron chi connectivity index (χ0n) is 16.7. The lowest BCUT2D eigenvalue weighted by Crippen LogP contribution is -2.49. The van der Waals surface area contributed by atoms with Crippen molar-refractivity contribution in [2.75, 3.05) is 25.0 Å². The van der Waals surface area contributed by atoms with Gasteiger partial charge in [0.25, 0.3) is 0 Å². The molecule has 2 N–H and O–H groups in total. The van der Waals surface area contributed by atoms with Gasteiger partial charge in [0.1, 0.15) is 0 Å². The molecule has 1 aliphatic carbocycles. The van der Waals surface area contributed by atoms with Gasteiger partial charge in [0, 0.05) is 40.4 Å². The summed E-state index contributed by atoms with van der Waals surface area (Å²) in [4.78, 5) is 18.4. The van der Waals surface area contributed by atoms with Crippen LogP contribution in [0.25, 0.3) is 4.85 Å². The molecular weight excluding hydrogens is 503 g/mol. The standard InChI is InChI=1S/C21H28ClIN4O2/c1-3-29-16-6-4-15(5-7-16)27-10-8-14(9-11-27)25-21(28)26-20-12-17(22)19(24-2)13-18(20)23/h12-16H,3-11H2,1H3,(H2,25,26,28). The number of halogens is 2. The lowest BCUT2D eigenvalue weighted by atomic mass is 9.90. The minimum Gasteiger partial charge on any atom is -0.379 e. The Balaban J connectivity index is 1.43. The van der Waals surface area contributed by atoms with E-state index in [0.29, 0.717) is 28.5 Å². The van der Waals surface area contributed by atoms with Crippen LogP contribution in [0.1, 0.15) is 45.4 Å². The van der Waals surface area contributed by atoms with Crippen molar-refractivity contribution < 1.29 is 9.53 Å².